The molecule has 3 rings (SSSR count). The van der Waals surface area contributed by atoms with E-state index in [4.69, 9.17) is 0 Å². The number of aliphatic imine (C=N–C) groups is 1. The third-order valence-electron chi connectivity index (χ3n) is 4.43. The van der Waals surface area contributed by atoms with Crippen LogP contribution in [-0.4, -0.2) is 36.1 Å². The summed E-state index contributed by atoms with van der Waals surface area (Å²) in [4.78, 5) is 6.57. The number of nitrogens with one attached hydrogen (secondary N) is 1. The van der Waals surface area contributed by atoms with E-state index in [1.165, 1.54) is 17.7 Å². The number of rotatable bonds is 3. The highest BCUT2D eigenvalue weighted by Gasteiger charge is 2.25. The van der Waals surface area contributed by atoms with Gasteiger partial charge in [0, 0.05) is 32.6 Å². The molecule has 2 aromatic carbocycles. The minimum Gasteiger partial charge on any atom is -0.505 e. The lowest BCUT2D eigenvalue weighted by Gasteiger charge is -2.22. The number of halogens is 1. The molecule has 1 aliphatic heterocycles. The highest BCUT2D eigenvalue weighted by molar-refractivity contribution is 5.80. The average Bonchev–Trinajstić information content (AvgIpc) is 3.09. The summed E-state index contributed by atoms with van der Waals surface area (Å²) in [5.41, 5.74) is 2.13. The fourth-order valence-electron chi connectivity index (χ4n) is 3.12. The maximum atomic E-state index is 13.4. The lowest BCUT2D eigenvalue weighted by atomic mass is 9.99. The number of hydrogen-bond acceptors (Lipinski definition) is 2. The Morgan fingerprint density at radius 2 is 2.08 bits per heavy atom. The summed E-state index contributed by atoms with van der Waals surface area (Å²) in [7, 11) is 1.76. The monoisotopic (exact) mass is 327 g/mol. The van der Waals surface area contributed by atoms with Gasteiger partial charge in [0.2, 0.25) is 0 Å². The smallest absolute Gasteiger partial charge is 0.193 e. The third-order valence-corrected chi connectivity index (χ3v) is 4.43. The molecule has 0 saturated carbocycles. The zero-order valence-corrected chi connectivity index (χ0v) is 13.7. The van der Waals surface area contributed by atoms with E-state index >= 15 is 0 Å². The lowest BCUT2D eigenvalue weighted by Crippen LogP contribution is -2.39. The summed E-state index contributed by atoms with van der Waals surface area (Å²) >= 11 is 0. The first-order valence-electron chi connectivity index (χ1n) is 8.15. The Hall–Kier alpha value is -2.56. The summed E-state index contributed by atoms with van der Waals surface area (Å²) in [5.74, 6) is 0.403. The predicted molar refractivity (Wildman–Crippen MR) is 93.6 cm³/mol. The second-order valence-electron chi connectivity index (χ2n) is 6.03. The molecule has 4 nitrogen and oxygen atoms in total. The fourth-order valence-corrected chi connectivity index (χ4v) is 3.12. The number of hydrogen-bond donors (Lipinski definition) is 2. The highest BCUT2D eigenvalue weighted by atomic mass is 19.1. The molecular formula is C19H22FN3O. The van der Waals surface area contributed by atoms with Crippen molar-refractivity contribution >= 4 is 5.96 Å². The van der Waals surface area contributed by atoms with E-state index in [2.05, 4.69) is 39.5 Å². The van der Waals surface area contributed by atoms with Gasteiger partial charge in [0.15, 0.2) is 17.5 Å². The molecule has 1 aliphatic rings. The minimum absolute atomic E-state index is 0.326. The molecule has 1 heterocycles. The first-order valence-corrected chi connectivity index (χ1v) is 8.15. The molecule has 2 N–H and O–H groups in total. The van der Waals surface area contributed by atoms with Crippen molar-refractivity contribution < 1.29 is 9.50 Å². The SMILES string of the molecule is CN=C(NCc1ccc(O)c(F)c1)N1CCC(c2ccccc2)C1. The topological polar surface area (TPSA) is 47.9 Å². The number of phenolic OH excluding ortho intramolecular Hbond substituents is 1. The Labute approximate surface area is 141 Å². The van der Waals surface area contributed by atoms with E-state index in [1.807, 2.05) is 6.07 Å². The van der Waals surface area contributed by atoms with Crippen LogP contribution in [-0.2, 0) is 6.54 Å². The molecule has 5 heteroatoms. The van der Waals surface area contributed by atoms with Gasteiger partial charge in [-0.1, -0.05) is 36.4 Å². The average molecular weight is 327 g/mol. The molecule has 1 atom stereocenters. The largest absolute Gasteiger partial charge is 0.505 e. The van der Waals surface area contributed by atoms with Gasteiger partial charge >= 0.3 is 0 Å². The van der Waals surface area contributed by atoms with Gasteiger partial charge in [-0.15, -0.1) is 0 Å². The number of aromatic hydroxyl groups is 1. The van der Waals surface area contributed by atoms with Crippen molar-refractivity contribution in [2.75, 3.05) is 20.1 Å². The van der Waals surface area contributed by atoms with Crippen LogP contribution in [0.3, 0.4) is 0 Å². The van der Waals surface area contributed by atoms with Gasteiger partial charge in [0.05, 0.1) is 0 Å². The standard InChI is InChI=1S/C19H22FN3O/c1-21-19(22-12-14-7-8-18(24)17(20)11-14)23-10-9-16(13-23)15-5-3-2-4-6-15/h2-8,11,16,24H,9-10,12-13H2,1H3,(H,21,22). The van der Waals surface area contributed by atoms with Crippen LogP contribution in [0.2, 0.25) is 0 Å². The number of nitrogens with zero attached hydrogens (tertiary/aromatic N) is 2. The zero-order valence-electron chi connectivity index (χ0n) is 13.7. The summed E-state index contributed by atoms with van der Waals surface area (Å²) in [6.07, 6.45) is 1.10. The number of benzene rings is 2. The molecule has 0 spiro atoms. The van der Waals surface area contributed by atoms with Gasteiger partial charge in [-0.3, -0.25) is 4.99 Å². The summed E-state index contributed by atoms with van der Waals surface area (Å²) < 4.78 is 13.4. The minimum atomic E-state index is -0.602. The van der Waals surface area contributed by atoms with Crippen LogP contribution in [0.4, 0.5) is 4.39 Å². The van der Waals surface area contributed by atoms with Crippen LogP contribution in [0.5, 0.6) is 5.75 Å². The predicted octanol–water partition coefficient (Wildman–Crippen LogP) is 3.10. The van der Waals surface area contributed by atoms with Crippen LogP contribution in [0, 0.1) is 5.82 Å². The van der Waals surface area contributed by atoms with Crippen LogP contribution >= 0.6 is 0 Å². The number of guanidine groups is 1. The fraction of sp³-hybridized carbons (Fsp3) is 0.316. The van der Waals surface area contributed by atoms with E-state index < -0.39 is 5.82 Å². The van der Waals surface area contributed by atoms with E-state index in [-0.39, 0.29) is 5.75 Å². The first-order chi connectivity index (χ1) is 11.7. The summed E-state index contributed by atoms with van der Waals surface area (Å²) in [6, 6.07) is 14.9. The molecular weight excluding hydrogens is 305 g/mol. The van der Waals surface area contributed by atoms with Gasteiger partial charge in [0.1, 0.15) is 0 Å². The van der Waals surface area contributed by atoms with Crippen molar-refractivity contribution in [1.82, 2.24) is 10.2 Å². The second kappa shape index (κ2) is 7.34. The molecule has 0 amide bonds. The molecule has 2 aromatic rings. The summed E-state index contributed by atoms with van der Waals surface area (Å²) in [6.45, 7) is 2.34. The second-order valence-corrected chi connectivity index (χ2v) is 6.03. The van der Waals surface area contributed by atoms with Gasteiger partial charge in [-0.25, -0.2) is 4.39 Å². The molecule has 0 bridgehead atoms. The summed E-state index contributed by atoms with van der Waals surface area (Å²) in [5, 5.41) is 12.5. The number of likely N-dealkylation sites (tertiary alicyclic amines) is 1. The number of phenols is 1. The Kier molecular flexibility index (Phi) is 4.99. The molecule has 0 aromatic heterocycles. The van der Waals surface area contributed by atoms with Crippen molar-refractivity contribution in [3.63, 3.8) is 0 Å². The van der Waals surface area contributed by atoms with Crippen molar-refractivity contribution in [2.24, 2.45) is 4.99 Å². The van der Waals surface area contributed by atoms with Crippen LogP contribution in [0.15, 0.2) is 53.5 Å². The Balaban J connectivity index is 1.60. The molecule has 126 valence electrons. The van der Waals surface area contributed by atoms with E-state index in [0.29, 0.717) is 12.5 Å². The normalized spacial score (nSPS) is 18.0. The Morgan fingerprint density at radius 3 is 2.79 bits per heavy atom. The lowest BCUT2D eigenvalue weighted by molar-refractivity contribution is 0.431. The van der Waals surface area contributed by atoms with Crippen molar-refractivity contribution in [1.29, 1.82) is 0 Å². The van der Waals surface area contributed by atoms with Gasteiger partial charge < -0.3 is 15.3 Å². The van der Waals surface area contributed by atoms with E-state index in [1.54, 1.807) is 13.1 Å². The van der Waals surface area contributed by atoms with Crippen LogP contribution in [0.1, 0.15) is 23.5 Å². The molecule has 0 radical (unpaired) electrons. The highest BCUT2D eigenvalue weighted by Crippen LogP contribution is 2.27. The first kappa shape index (κ1) is 16.3. The van der Waals surface area contributed by atoms with Gasteiger partial charge in [-0.05, 0) is 29.7 Å². The molecule has 1 saturated heterocycles. The molecule has 1 unspecified atom stereocenters. The maximum Gasteiger partial charge on any atom is 0.193 e. The van der Waals surface area contributed by atoms with Gasteiger partial charge in [-0.2, -0.15) is 0 Å². The Bertz CT molecular complexity index is 718. The molecule has 0 aliphatic carbocycles. The quantitative estimate of drug-likeness (QED) is 0.673. The molecule has 24 heavy (non-hydrogen) atoms. The van der Waals surface area contributed by atoms with E-state index in [9.17, 15) is 9.50 Å². The molecule has 1 fully saturated rings. The maximum absolute atomic E-state index is 13.4. The van der Waals surface area contributed by atoms with Gasteiger partial charge in [0.25, 0.3) is 0 Å². The van der Waals surface area contributed by atoms with Crippen molar-refractivity contribution in [3.8, 4) is 5.75 Å². The van der Waals surface area contributed by atoms with Crippen LogP contribution in [0.25, 0.3) is 0 Å². The zero-order chi connectivity index (χ0) is 16.9. The van der Waals surface area contributed by atoms with Crippen molar-refractivity contribution in [2.45, 2.75) is 18.9 Å². The van der Waals surface area contributed by atoms with E-state index in [0.717, 1.165) is 31.0 Å². The van der Waals surface area contributed by atoms with Crippen molar-refractivity contribution in [3.05, 3.63) is 65.5 Å². The van der Waals surface area contributed by atoms with Crippen LogP contribution < -0.4 is 5.32 Å². The third kappa shape index (κ3) is 3.67. The Morgan fingerprint density at radius 1 is 1.29 bits per heavy atom.